The second-order valence-electron chi connectivity index (χ2n) is 8.80. The minimum absolute atomic E-state index is 0.611. The van der Waals surface area contributed by atoms with Crippen LogP contribution < -0.4 is 4.90 Å². The Morgan fingerprint density at radius 2 is 1.84 bits per heavy atom. The van der Waals surface area contributed by atoms with Gasteiger partial charge in [-0.15, -0.1) is 0 Å². The molecule has 1 saturated carbocycles. The third-order valence-corrected chi connectivity index (χ3v) is 8.46. The van der Waals surface area contributed by atoms with Gasteiger partial charge in [0.1, 0.15) is 10.8 Å². The molecule has 6 heteroatoms. The van der Waals surface area contributed by atoms with Gasteiger partial charge in [-0.25, -0.2) is 9.97 Å². The number of rotatable bonds is 4. The summed E-state index contributed by atoms with van der Waals surface area (Å²) >= 11 is 8.25. The van der Waals surface area contributed by atoms with Crippen LogP contribution in [-0.2, 0) is 0 Å². The zero-order valence-electron chi connectivity index (χ0n) is 17.5. The topological polar surface area (TPSA) is 52.8 Å². The van der Waals surface area contributed by atoms with Crippen molar-refractivity contribution in [2.75, 3.05) is 18.0 Å². The number of halogens is 1. The number of anilines is 1. The Morgan fingerprint density at radius 1 is 1.03 bits per heavy atom. The molecule has 2 aliphatic carbocycles. The first kappa shape index (κ1) is 20.6. The van der Waals surface area contributed by atoms with Crippen LogP contribution in [-0.4, -0.2) is 23.1 Å². The summed E-state index contributed by atoms with van der Waals surface area (Å²) in [7, 11) is 0. The number of allylic oxidation sites excluding steroid dienone is 4. The summed E-state index contributed by atoms with van der Waals surface area (Å²) < 4.78 is 0. The van der Waals surface area contributed by atoms with Gasteiger partial charge in [-0.2, -0.15) is 5.26 Å². The molecule has 1 spiro atoms. The predicted octanol–water partition coefficient (Wildman–Crippen LogP) is 6.68. The number of aromatic nitrogens is 2. The van der Waals surface area contributed by atoms with E-state index in [0.717, 1.165) is 45.5 Å². The van der Waals surface area contributed by atoms with Crippen molar-refractivity contribution in [3.8, 4) is 6.07 Å². The van der Waals surface area contributed by atoms with E-state index in [1.54, 1.807) is 0 Å². The molecule has 0 N–H and O–H groups in total. The van der Waals surface area contributed by atoms with E-state index in [9.17, 15) is 0 Å². The summed E-state index contributed by atoms with van der Waals surface area (Å²) in [6, 6.07) is 8.24. The molecular formula is C25H25ClN4S. The Balaban J connectivity index is 1.25. The lowest BCUT2D eigenvalue weighted by Crippen LogP contribution is -2.39. The van der Waals surface area contributed by atoms with Gasteiger partial charge in [0.15, 0.2) is 0 Å². The summed E-state index contributed by atoms with van der Waals surface area (Å²) in [6.45, 7) is 2.17. The second-order valence-corrected chi connectivity index (χ2v) is 10.2. The maximum absolute atomic E-state index is 9.11. The Labute approximate surface area is 193 Å². The van der Waals surface area contributed by atoms with E-state index < -0.39 is 0 Å². The lowest BCUT2D eigenvalue weighted by atomic mass is 9.77. The van der Waals surface area contributed by atoms with E-state index in [4.69, 9.17) is 21.8 Å². The molecule has 4 nitrogen and oxygen atoms in total. The first-order valence-electron chi connectivity index (χ1n) is 11.0. The van der Waals surface area contributed by atoms with Crippen LogP contribution in [0, 0.1) is 16.7 Å². The Kier molecular flexibility index (Phi) is 5.77. The van der Waals surface area contributed by atoms with Gasteiger partial charge >= 0.3 is 0 Å². The molecule has 1 aliphatic heterocycles. The minimum atomic E-state index is 0.611. The molecule has 0 atom stereocenters. The fourth-order valence-corrected chi connectivity index (χ4v) is 6.24. The molecule has 0 amide bonds. The standard InChI is InChI=1S/C25H25ClN4S/c26-24-20(19-7-6-18(14-19)15-27)4-3-5-21(24)31-23-17-28-22(16-29-23)30-12-10-25(11-13-30)8-1-2-9-25/h3-7,16-17H,1-2,8-14H2. The summed E-state index contributed by atoms with van der Waals surface area (Å²) in [5.74, 6) is 0.975. The zero-order chi connectivity index (χ0) is 21.3. The van der Waals surface area contributed by atoms with Crippen molar-refractivity contribution in [2.24, 2.45) is 5.41 Å². The van der Waals surface area contributed by atoms with E-state index in [1.807, 2.05) is 42.7 Å². The Hall–Kier alpha value is -2.29. The predicted molar refractivity (Wildman–Crippen MR) is 126 cm³/mol. The van der Waals surface area contributed by atoms with Crippen molar-refractivity contribution in [2.45, 2.75) is 54.9 Å². The maximum atomic E-state index is 9.11. The van der Waals surface area contributed by atoms with Crippen LogP contribution >= 0.6 is 23.4 Å². The monoisotopic (exact) mass is 448 g/mol. The highest BCUT2D eigenvalue weighted by atomic mass is 35.5. The smallest absolute Gasteiger partial charge is 0.147 e. The lowest BCUT2D eigenvalue weighted by molar-refractivity contribution is 0.226. The molecule has 1 aromatic carbocycles. The van der Waals surface area contributed by atoms with Crippen LogP contribution in [0.5, 0.6) is 0 Å². The van der Waals surface area contributed by atoms with Crippen LogP contribution in [0.25, 0.3) is 5.57 Å². The molecule has 0 bridgehead atoms. The maximum Gasteiger partial charge on any atom is 0.147 e. The number of hydrogen-bond donors (Lipinski definition) is 0. The van der Waals surface area contributed by atoms with Gasteiger partial charge in [0.25, 0.3) is 0 Å². The van der Waals surface area contributed by atoms with E-state index in [2.05, 4.69) is 16.0 Å². The van der Waals surface area contributed by atoms with Crippen molar-refractivity contribution >= 4 is 34.8 Å². The van der Waals surface area contributed by atoms with Gasteiger partial charge in [0.05, 0.1) is 23.5 Å². The molecule has 2 aromatic rings. The average molecular weight is 449 g/mol. The molecule has 1 saturated heterocycles. The number of benzene rings is 1. The molecule has 2 fully saturated rings. The van der Waals surface area contributed by atoms with Crippen LogP contribution in [0.15, 0.2) is 58.2 Å². The van der Waals surface area contributed by atoms with Crippen LogP contribution in [0.4, 0.5) is 5.82 Å². The van der Waals surface area contributed by atoms with Crippen molar-refractivity contribution in [1.29, 1.82) is 5.26 Å². The van der Waals surface area contributed by atoms with Crippen molar-refractivity contribution in [3.05, 3.63) is 58.9 Å². The van der Waals surface area contributed by atoms with Gasteiger partial charge in [0, 0.05) is 30.0 Å². The van der Waals surface area contributed by atoms with Crippen molar-refractivity contribution < 1.29 is 0 Å². The highest BCUT2D eigenvalue weighted by molar-refractivity contribution is 7.99. The van der Waals surface area contributed by atoms with Gasteiger partial charge in [-0.05, 0) is 54.4 Å². The summed E-state index contributed by atoms with van der Waals surface area (Å²) in [5.41, 5.74) is 3.43. The number of nitriles is 1. The van der Waals surface area contributed by atoms with E-state index in [-0.39, 0.29) is 0 Å². The molecule has 31 heavy (non-hydrogen) atoms. The average Bonchev–Trinajstić information content (AvgIpc) is 3.46. The molecule has 158 valence electrons. The van der Waals surface area contributed by atoms with Gasteiger partial charge < -0.3 is 4.90 Å². The molecular weight excluding hydrogens is 424 g/mol. The van der Waals surface area contributed by atoms with E-state index in [0.29, 0.717) is 16.9 Å². The third-order valence-electron chi connectivity index (χ3n) is 6.96. The largest absolute Gasteiger partial charge is 0.355 e. The highest BCUT2D eigenvalue weighted by Gasteiger charge is 2.37. The van der Waals surface area contributed by atoms with Crippen LogP contribution in [0.1, 0.15) is 50.5 Å². The summed E-state index contributed by atoms with van der Waals surface area (Å²) in [6.07, 6.45) is 16.4. The normalized spacial score (nSPS) is 19.9. The SMILES string of the molecule is N#CC1=CC=C(c2cccc(Sc3cnc(N4CCC5(CCCC5)CC4)cn3)c2Cl)C1. The number of hydrogen-bond acceptors (Lipinski definition) is 5. The van der Waals surface area contributed by atoms with Crippen LogP contribution in [0.2, 0.25) is 5.02 Å². The van der Waals surface area contributed by atoms with E-state index >= 15 is 0 Å². The summed E-state index contributed by atoms with van der Waals surface area (Å²) in [5, 5.41) is 10.7. The van der Waals surface area contributed by atoms with E-state index in [1.165, 1.54) is 50.3 Å². The Morgan fingerprint density at radius 3 is 2.52 bits per heavy atom. The molecule has 0 unspecified atom stereocenters. The third kappa shape index (κ3) is 4.24. The zero-order valence-corrected chi connectivity index (χ0v) is 19.1. The molecule has 1 aromatic heterocycles. The second kappa shape index (κ2) is 8.68. The first-order valence-corrected chi connectivity index (χ1v) is 12.2. The van der Waals surface area contributed by atoms with Crippen molar-refractivity contribution in [3.63, 3.8) is 0 Å². The quantitative estimate of drug-likeness (QED) is 0.522. The molecule has 5 rings (SSSR count). The van der Waals surface area contributed by atoms with Crippen LogP contribution in [0.3, 0.4) is 0 Å². The lowest BCUT2D eigenvalue weighted by Gasteiger charge is -2.39. The number of nitrogens with zero attached hydrogens (tertiary/aromatic N) is 4. The first-order chi connectivity index (χ1) is 15.2. The highest BCUT2D eigenvalue weighted by Crippen LogP contribution is 2.46. The van der Waals surface area contributed by atoms with Crippen molar-refractivity contribution in [1.82, 2.24) is 9.97 Å². The fourth-order valence-electron chi connectivity index (χ4n) is 5.10. The molecule has 3 aliphatic rings. The minimum Gasteiger partial charge on any atom is -0.355 e. The Bertz CT molecular complexity index is 1070. The molecule has 2 heterocycles. The van der Waals surface area contributed by atoms with Gasteiger partial charge in [-0.1, -0.05) is 54.4 Å². The van der Waals surface area contributed by atoms with Gasteiger partial charge in [-0.3, -0.25) is 0 Å². The number of piperidine rings is 1. The fraction of sp³-hybridized carbons (Fsp3) is 0.400. The molecule has 0 radical (unpaired) electrons. The van der Waals surface area contributed by atoms with Gasteiger partial charge in [0.2, 0.25) is 0 Å². The summed E-state index contributed by atoms with van der Waals surface area (Å²) in [4.78, 5) is 12.7.